The summed E-state index contributed by atoms with van der Waals surface area (Å²) in [6.07, 6.45) is 3.17. The molecular weight excluding hydrogens is 445 g/mol. The lowest BCUT2D eigenvalue weighted by Gasteiger charge is -2.35. The highest BCUT2D eigenvalue weighted by Gasteiger charge is 2.25. The highest BCUT2D eigenvalue weighted by atomic mass is 35.5. The molecule has 0 bridgehead atoms. The number of amides is 1. The Morgan fingerprint density at radius 1 is 1.06 bits per heavy atom. The maximum atomic E-state index is 12.6. The van der Waals surface area contributed by atoms with E-state index in [0.717, 1.165) is 5.56 Å². The summed E-state index contributed by atoms with van der Waals surface area (Å²) < 4.78 is 11.1. The molecule has 2 aliphatic heterocycles. The summed E-state index contributed by atoms with van der Waals surface area (Å²) in [6, 6.07) is 8.11. The fraction of sp³-hybridized carbons (Fsp3) is 0.286. The number of nitro groups is 1. The van der Waals surface area contributed by atoms with E-state index in [1.807, 2.05) is 4.90 Å². The Balaban J connectivity index is 1.40. The Hall–Kier alpha value is -2.97. The van der Waals surface area contributed by atoms with Crippen LogP contribution < -0.4 is 14.4 Å². The number of nitro benzene ring substituents is 1. The summed E-state index contributed by atoms with van der Waals surface area (Å²) in [4.78, 5) is 27.1. The molecule has 2 aromatic rings. The fourth-order valence-corrected chi connectivity index (χ4v) is 4.02. The van der Waals surface area contributed by atoms with Gasteiger partial charge in [0.25, 0.3) is 5.69 Å². The van der Waals surface area contributed by atoms with E-state index in [1.54, 1.807) is 35.2 Å². The Morgan fingerprint density at radius 2 is 1.81 bits per heavy atom. The van der Waals surface area contributed by atoms with Crippen molar-refractivity contribution in [2.45, 2.75) is 0 Å². The summed E-state index contributed by atoms with van der Waals surface area (Å²) in [5, 5.41) is 12.1. The predicted molar refractivity (Wildman–Crippen MR) is 118 cm³/mol. The minimum Gasteiger partial charge on any atom is -0.486 e. The van der Waals surface area contributed by atoms with Gasteiger partial charge in [0.1, 0.15) is 18.9 Å². The van der Waals surface area contributed by atoms with Gasteiger partial charge in [-0.25, -0.2) is 0 Å². The molecule has 2 aromatic carbocycles. The number of ether oxygens (including phenoxy) is 2. The van der Waals surface area contributed by atoms with Crippen molar-refractivity contribution < 1.29 is 19.2 Å². The molecule has 0 atom stereocenters. The highest BCUT2D eigenvalue weighted by Crippen LogP contribution is 2.38. The average Bonchev–Trinajstić information content (AvgIpc) is 2.77. The molecule has 4 rings (SSSR count). The van der Waals surface area contributed by atoms with Gasteiger partial charge in [-0.15, -0.1) is 0 Å². The summed E-state index contributed by atoms with van der Waals surface area (Å²) in [7, 11) is 0. The maximum Gasteiger partial charge on any atom is 0.294 e. The van der Waals surface area contributed by atoms with Gasteiger partial charge in [0.2, 0.25) is 5.91 Å². The molecule has 0 aromatic heterocycles. The normalized spacial score (nSPS) is 15.9. The van der Waals surface area contributed by atoms with Crippen LogP contribution in [0.2, 0.25) is 10.0 Å². The lowest BCUT2D eigenvalue weighted by atomic mass is 10.1. The number of rotatable bonds is 4. The van der Waals surface area contributed by atoms with Crippen LogP contribution in [0, 0.1) is 10.1 Å². The molecule has 8 nitrogen and oxygen atoms in total. The summed E-state index contributed by atoms with van der Waals surface area (Å²) in [5.74, 6) is 0.934. The maximum absolute atomic E-state index is 12.6. The van der Waals surface area contributed by atoms with E-state index >= 15 is 0 Å². The highest BCUT2D eigenvalue weighted by molar-refractivity contribution is 6.32. The van der Waals surface area contributed by atoms with Crippen LogP contribution >= 0.6 is 23.2 Å². The van der Waals surface area contributed by atoms with E-state index in [-0.39, 0.29) is 11.6 Å². The van der Waals surface area contributed by atoms with E-state index in [4.69, 9.17) is 32.7 Å². The number of fused-ring (bicyclic) bond motifs is 1. The number of carbonyl (C=O) groups is 1. The number of carbonyl (C=O) groups excluding carboxylic acids is 1. The number of anilines is 1. The monoisotopic (exact) mass is 463 g/mol. The standard InChI is InChI=1S/C21H19Cl2N3O5/c22-15-2-3-17(18(13-15)26(28)29)24-5-7-25(8-6-24)20(27)4-1-14-11-16(23)21-19(12-14)30-9-10-31-21/h1-4,11-13H,5-10H2/b4-1+. The van der Waals surface area contributed by atoms with Crippen molar-refractivity contribution in [2.75, 3.05) is 44.3 Å². The van der Waals surface area contributed by atoms with Crippen LogP contribution in [-0.4, -0.2) is 55.1 Å². The van der Waals surface area contributed by atoms with Gasteiger partial charge in [-0.3, -0.25) is 14.9 Å². The van der Waals surface area contributed by atoms with Gasteiger partial charge < -0.3 is 19.3 Å². The lowest BCUT2D eigenvalue weighted by molar-refractivity contribution is -0.384. The van der Waals surface area contributed by atoms with E-state index in [2.05, 4.69) is 0 Å². The molecule has 0 unspecified atom stereocenters. The fourth-order valence-electron chi connectivity index (χ4n) is 3.58. The van der Waals surface area contributed by atoms with Crippen LogP contribution in [0.25, 0.3) is 6.08 Å². The molecule has 1 fully saturated rings. The zero-order valence-corrected chi connectivity index (χ0v) is 17.9. The average molecular weight is 464 g/mol. The van der Waals surface area contributed by atoms with Crippen LogP contribution in [0.1, 0.15) is 5.56 Å². The third-order valence-corrected chi connectivity index (χ3v) is 5.62. The molecule has 0 spiro atoms. The second-order valence-electron chi connectivity index (χ2n) is 7.06. The Labute approximate surface area is 188 Å². The van der Waals surface area contributed by atoms with Crippen LogP contribution in [0.4, 0.5) is 11.4 Å². The number of nitrogens with zero attached hydrogens (tertiary/aromatic N) is 3. The first-order valence-electron chi connectivity index (χ1n) is 9.67. The number of piperazine rings is 1. The molecular formula is C21H19Cl2N3O5. The zero-order valence-electron chi connectivity index (χ0n) is 16.4. The number of hydrogen-bond acceptors (Lipinski definition) is 6. The molecule has 31 heavy (non-hydrogen) atoms. The third kappa shape index (κ3) is 4.70. The van der Waals surface area contributed by atoms with E-state index in [1.165, 1.54) is 12.1 Å². The van der Waals surface area contributed by atoms with Crippen molar-refractivity contribution in [1.82, 2.24) is 4.90 Å². The van der Waals surface area contributed by atoms with Crippen molar-refractivity contribution >= 4 is 46.6 Å². The van der Waals surface area contributed by atoms with Crippen molar-refractivity contribution in [1.29, 1.82) is 0 Å². The molecule has 0 saturated carbocycles. The van der Waals surface area contributed by atoms with Crippen LogP contribution in [0.15, 0.2) is 36.4 Å². The topological polar surface area (TPSA) is 85.2 Å². The molecule has 1 amide bonds. The first kappa shape index (κ1) is 21.3. The Kier molecular flexibility index (Phi) is 6.20. The minimum atomic E-state index is -0.444. The molecule has 0 radical (unpaired) electrons. The number of benzene rings is 2. The molecule has 0 aliphatic carbocycles. The van der Waals surface area contributed by atoms with Crippen molar-refractivity contribution in [2.24, 2.45) is 0 Å². The van der Waals surface area contributed by atoms with E-state index in [9.17, 15) is 14.9 Å². The van der Waals surface area contributed by atoms with Gasteiger partial charge in [-0.05, 0) is 35.9 Å². The second-order valence-corrected chi connectivity index (χ2v) is 7.91. The Morgan fingerprint density at radius 3 is 2.55 bits per heavy atom. The predicted octanol–water partition coefficient (Wildman–Crippen LogP) is 4.03. The zero-order chi connectivity index (χ0) is 22.0. The smallest absolute Gasteiger partial charge is 0.294 e. The van der Waals surface area contributed by atoms with Gasteiger partial charge in [-0.1, -0.05) is 23.2 Å². The summed E-state index contributed by atoms with van der Waals surface area (Å²) in [5.41, 5.74) is 1.20. The first-order valence-corrected chi connectivity index (χ1v) is 10.4. The number of hydrogen-bond donors (Lipinski definition) is 0. The molecule has 2 aliphatic rings. The quantitative estimate of drug-likeness (QED) is 0.386. The summed E-state index contributed by atoms with van der Waals surface area (Å²) >= 11 is 12.1. The van der Waals surface area contributed by atoms with Crippen LogP contribution in [-0.2, 0) is 4.79 Å². The first-order chi connectivity index (χ1) is 14.9. The van der Waals surface area contributed by atoms with Gasteiger partial charge in [0, 0.05) is 43.3 Å². The van der Waals surface area contributed by atoms with Crippen molar-refractivity contribution in [3.63, 3.8) is 0 Å². The largest absolute Gasteiger partial charge is 0.486 e. The van der Waals surface area contributed by atoms with E-state index < -0.39 is 4.92 Å². The van der Waals surface area contributed by atoms with Crippen LogP contribution in [0.3, 0.4) is 0 Å². The van der Waals surface area contributed by atoms with Crippen molar-refractivity contribution in [3.8, 4) is 11.5 Å². The number of halogens is 2. The van der Waals surface area contributed by atoms with Gasteiger partial charge in [0.15, 0.2) is 11.5 Å². The van der Waals surface area contributed by atoms with Gasteiger partial charge >= 0.3 is 0 Å². The molecule has 0 N–H and O–H groups in total. The van der Waals surface area contributed by atoms with Gasteiger partial charge in [-0.2, -0.15) is 0 Å². The SMILES string of the molecule is O=C(/C=C/c1cc(Cl)c2c(c1)OCCO2)N1CCN(c2ccc(Cl)cc2[N+](=O)[O-])CC1. The van der Waals surface area contributed by atoms with Crippen LogP contribution in [0.5, 0.6) is 11.5 Å². The summed E-state index contributed by atoms with van der Waals surface area (Å²) in [6.45, 7) is 2.77. The second kappa shape index (κ2) is 9.03. The molecule has 10 heteroatoms. The van der Waals surface area contributed by atoms with Crippen molar-refractivity contribution in [3.05, 3.63) is 62.1 Å². The van der Waals surface area contributed by atoms with Gasteiger partial charge in [0.05, 0.1) is 9.95 Å². The van der Waals surface area contributed by atoms with E-state index in [0.29, 0.717) is 66.6 Å². The molecule has 162 valence electrons. The molecule has 2 heterocycles. The lowest BCUT2D eigenvalue weighted by Crippen LogP contribution is -2.48. The molecule has 1 saturated heterocycles. The Bertz CT molecular complexity index is 1050. The minimum absolute atomic E-state index is 0.0392. The third-order valence-electron chi connectivity index (χ3n) is 5.10.